The standard InChI is InChI=1S/C17H24N6O3/c1-25-13-3-4-15(26-2)14(11-13)20-16(24)5-6-22-7-9-23(10-8-22)17-18-12-19-21-17/h3-4,11-12H,5-10H2,1-2H3,(H,20,24)(H,18,19,21). The van der Waals surface area contributed by atoms with Crippen LogP contribution in [0.25, 0.3) is 0 Å². The first-order valence-electron chi connectivity index (χ1n) is 8.54. The molecule has 9 heteroatoms. The fourth-order valence-electron chi connectivity index (χ4n) is 2.92. The number of carbonyl (C=O) groups is 1. The van der Waals surface area contributed by atoms with E-state index >= 15 is 0 Å². The number of aromatic amines is 1. The van der Waals surface area contributed by atoms with E-state index in [9.17, 15) is 4.79 Å². The minimum atomic E-state index is -0.0470. The van der Waals surface area contributed by atoms with Crippen molar-refractivity contribution in [3.63, 3.8) is 0 Å². The number of aromatic nitrogens is 3. The Hall–Kier alpha value is -2.81. The second-order valence-electron chi connectivity index (χ2n) is 6.00. The number of hydrogen-bond donors (Lipinski definition) is 2. The predicted octanol–water partition coefficient (Wildman–Crippen LogP) is 0.973. The number of carbonyl (C=O) groups excluding carboxylic acids is 1. The van der Waals surface area contributed by atoms with Crippen LogP contribution in [0.4, 0.5) is 11.6 Å². The Bertz CT molecular complexity index is 713. The number of anilines is 2. The Morgan fingerprint density at radius 3 is 2.69 bits per heavy atom. The predicted molar refractivity (Wildman–Crippen MR) is 97.8 cm³/mol. The Labute approximate surface area is 152 Å². The van der Waals surface area contributed by atoms with E-state index in [2.05, 4.69) is 30.3 Å². The number of methoxy groups -OCH3 is 2. The Morgan fingerprint density at radius 1 is 1.23 bits per heavy atom. The van der Waals surface area contributed by atoms with E-state index in [0.717, 1.165) is 32.1 Å². The highest BCUT2D eigenvalue weighted by molar-refractivity contribution is 5.92. The Kier molecular flexibility index (Phi) is 5.90. The Morgan fingerprint density at radius 2 is 2.04 bits per heavy atom. The van der Waals surface area contributed by atoms with Crippen molar-refractivity contribution in [3.8, 4) is 11.5 Å². The van der Waals surface area contributed by atoms with Crippen molar-refractivity contribution in [1.29, 1.82) is 0 Å². The number of nitrogens with zero attached hydrogens (tertiary/aromatic N) is 4. The van der Waals surface area contributed by atoms with Gasteiger partial charge < -0.3 is 19.7 Å². The summed E-state index contributed by atoms with van der Waals surface area (Å²) in [5.41, 5.74) is 0.618. The summed E-state index contributed by atoms with van der Waals surface area (Å²) in [5, 5.41) is 9.66. The van der Waals surface area contributed by atoms with E-state index in [1.165, 1.54) is 6.33 Å². The van der Waals surface area contributed by atoms with Crippen molar-refractivity contribution in [2.24, 2.45) is 0 Å². The molecule has 1 aromatic heterocycles. The smallest absolute Gasteiger partial charge is 0.225 e. The molecule has 2 aromatic rings. The first-order chi connectivity index (χ1) is 12.7. The van der Waals surface area contributed by atoms with Crippen LogP contribution in [-0.2, 0) is 4.79 Å². The van der Waals surface area contributed by atoms with Gasteiger partial charge in [0.25, 0.3) is 0 Å². The van der Waals surface area contributed by atoms with Gasteiger partial charge in [-0.3, -0.25) is 9.69 Å². The summed E-state index contributed by atoms with van der Waals surface area (Å²) in [6, 6.07) is 5.33. The lowest BCUT2D eigenvalue weighted by molar-refractivity contribution is -0.116. The quantitative estimate of drug-likeness (QED) is 0.760. The van der Waals surface area contributed by atoms with Crippen molar-refractivity contribution < 1.29 is 14.3 Å². The van der Waals surface area contributed by atoms with Gasteiger partial charge in [-0.05, 0) is 12.1 Å². The first-order valence-corrected chi connectivity index (χ1v) is 8.54. The minimum absolute atomic E-state index is 0.0470. The van der Waals surface area contributed by atoms with E-state index < -0.39 is 0 Å². The lowest BCUT2D eigenvalue weighted by Crippen LogP contribution is -2.47. The van der Waals surface area contributed by atoms with Gasteiger partial charge in [0, 0.05) is 45.2 Å². The fraction of sp³-hybridized carbons (Fsp3) is 0.471. The van der Waals surface area contributed by atoms with Gasteiger partial charge in [0.15, 0.2) is 0 Å². The second kappa shape index (κ2) is 8.52. The van der Waals surface area contributed by atoms with Crippen LogP contribution < -0.4 is 19.7 Å². The number of ether oxygens (including phenoxy) is 2. The summed E-state index contributed by atoms with van der Waals surface area (Å²) in [5.74, 6) is 2.03. The molecule has 1 saturated heterocycles. The van der Waals surface area contributed by atoms with Crippen LogP contribution in [0, 0.1) is 0 Å². The summed E-state index contributed by atoms with van der Waals surface area (Å²) in [6.45, 7) is 4.20. The molecule has 1 aliphatic rings. The van der Waals surface area contributed by atoms with E-state index in [1.54, 1.807) is 32.4 Å². The monoisotopic (exact) mass is 360 g/mol. The number of H-pyrrole nitrogens is 1. The molecule has 0 spiro atoms. The zero-order valence-electron chi connectivity index (χ0n) is 15.1. The van der Waals surface area contributed by atoms with Crippen LogP contribution in [0.5, 0.6) is 11.5 Å². The molecule has 0 unspecified atom stereocenters. The lowest BCUT2D eigenvalue weighted by atomic mass is 10.2. The van der Waals surface area contributed by atoms with Crippen molar-refractivity contribution in [1.82, 2.24) is 20.1 Å². The maximum absolute atomic E-state index is 12.3. The van der Waals surface area contributed by atoms with Crippen LogP contribution in [-0.4, -0.2) is 72.9 Å². The molecule has 26 heavy (non-hydrogen) atoms. The number of nitrogens with one attached hydrogen (secondary N) is 2. The van der Waals surface area contributed by atoms with Crippen molar-refractivity contribution in [2.75, 3.05) is 57.2 Å². The summed E-state index contributed by atoms with van der Waals surface area (Å²) >= 11 is 0. The zero-order valence-corrected chi connectivity index (χ0v) is 15.1. The van der Waals surface area contributed by atoms with E-state index in [-0.39, 0.29) is 5.91 Å². The van der Waals surface area contributed by atoms with Crippen LogP contribution in [0.15, 0.2) is 24.5 Å². The number of piperazine rings is 1. The van der Waals surface area contributed by atoms with Crippen LogP contribution in [0.1, 0.15) is 6.42 Å². The lowest BCUT2D eigenvalue weighted by Gasteiger charge is -2.34. The van der Waals surface area contributed by atoms with Crippen molar-refractivity contribution in [3.05, 3.63) is 24.5 Å². The first kappa shape index (κ1) is 18.0. The molecule has 0 radical (unpaired) electrons. The molecule has 140 valence electrons. The largest absolute Gasteiger partial charge is 0.497 e. The average Bonchev–Trinajstić information content (AvgIpc) is 3.21. The summed E-state index contributed by atoms with van der Waals surface area (Å²) in [6.07, 6.45) is 1.93. The van der Waals surface area contributed by atoms with Crippen molar-refractivity contribution in [2.45, 2.75) is 6.42 Å². The maximum atomic E-state index is 12.3. The summed E-state index contributed by atoms with van der Waals surface area (Å²) in [7, 11) is 3.16. The molecule has 1 aliphatic heterocycles. The number of benzene rings is 1. The molecule has 9 nitrogen and oxygen atoms in total. The zero-order chi connectivity index (χ0) is 18.4. The highest BCUT2D eigenvalue weighted by Crippen LogP contribution is 2.28. The molecule has 1 amide bonds. The third kappa shape index (κ3) is 4.42. The molecular formula is C17H24N6O3. The maximum Gasteiger partial charge on any atom is 0.225 e. The number of amides is 1. The van der Waals surface area contributed by atoms with Gasteiger partial charge in [-0.15, -0.1) is 0 Å². The fourth-order valence-corrected chi connectivity index (χ4v) is 2.92. The third-order valence-corrected chi connectivity index (χ3v) is 4.41. The number of rotatable bonds is 7. The molecule has 2 N–H and O–H groups in total. The van der Waals surface area contributed by atoms with Crippen LogP contribution in [0.3, 0.4) is 0 Å². The molecule has 2 heterocycles. The summed E-state index contributed by atoms with van der Waals surface area (Å²) < 4.78 is 10.5. The van der Waals surface area contributed by atoms with Gasteiger partial charge in [-0.25, -0.2) is 5.10 Å². The molecule has 1 aromatic carbocycles. The van der Waals surface area contributed by atoms with E-state index in [1.807, 2.05) is 0 Å². The topological polar surface area (TPSA) is 95.6 Å². The van der Waals surface area contributed by atoms with Gasteiger partial charge in [0.2, 0.25) is 11.9 Å². The molecular weight excluding hydrogens is 336 g/mol. The average molecular weight is 360 g/mol. The van der Waals surface area contributed by atoms with Gasteiger partial charge in [0.05, 0.1) is 19.9 Å². The van der Waals surface area contributed by atoms with Gasteiger partial charge in [0.1, 0.15) is 17.8 Å². The SMILES string of the molecule is COc1ccc(OC)c(NC(=O)CCN2CCN(c3ncn[nH]3)CC2)c1. The normalized spacial score (nSPS) is 14.9. The molecule has 3 rings (SSSR count). The van der Waals surface area contributed by atoms with E-state index in [0.29, 0.717) is 30.2 Å². The van der Waals surface area contributed by atoms with Gasteiger partial charge >= 0.3 is 0 Å². The highest BCUT2D eigenvalue weighted by atomic mass is 16.5. The minimum Gasteiger partial charge on any atom is -0.497 e. The molecule has 1 fully saturated rings. The summed E-state index contributed by atoms with van der Waals surface area (Å²) in [4.78, 5) is 20.9. The van der Waals surface area contributed by atoms with Gasteiger partial charge in [-0.1, -0.05) is 0 Å². The second-order valence-corrected chi connectivity index (χ2v) is 6.00. The highest BCUT2D eigenvalue weighted by Gasteiger charge is 2.19. The van der Waals surface area contributed by atoms with Crippen LogP contribution in [0.2, 0.25) is 0 Å². The molecule has 0 aliphatic carbocycles. The number of hydrogen-bond acceptors (Lipinski definition) is 7. The molecule has 0 bridgehead atoms. The third-order valence-electron chi connectivity index (χ3n) is 4.41. The molecule has 0 saturated carbocycles. The van der Waals surface area contributed by atoms with Crippen LogP contribution >= 0.6 is 0 Å². The van der Waals surface area contributed by atoms with E-state index in [4.69, 9.17) is 9.47 Å². The van der Waals surface area contributed by atoms with Gasteiger partial charge in [-0.2, -0.15) is 10.1 Å². The molecule has 0 atom stereocenters. The van der Waals surface area contributed by atoms with Crippen molar-refractivity contribution >= 4 is 17.5 Å². The Balaban J connectivity index is 1.46.